The third-order valence-corrected chi connectivity index (χ3v) is 5.09. The molecular weight excluding hydrogens is 306 g/mol. The van der Waals surface area contributed by atoms with Crippen molar-refractivity contribution >= 4 is 52.0 Å². The minimum absolute atomic E-state index is 0.135. The van der Waals surface area contributed by atoms with E-state index in [1.807, 2.05) is 6.92 Å². The molecule has 0 saturated carbocycles. The molecular formula is C11H17NO4S3. The summed E-state index contributed by atoms with van der Waals surface area (Å²) in [5, 5.41) is 9.05. The molecule has 1 rings (SSSR count). The molecule has 0 radical (unpaired) electrons. The first kappa shape index (κ1) is 16.6. The molecule has 1 heterocycles. The first-order valence-electron chi connectivity index (χ1n) is 5.88. The van der Waals surface area contributed by atoms with Crippen LogP contribution in [0.4, 0.5) is 0 Å². The Morgan fingerprint density at radius 1 is 1.63 bits per heavy atom. The maximum Gasteiger partial charge on any atom is 0.327 e. The topological polar surface area (TPSA) is 66.8 Å². The number of thiocarbonyl (C=S) groups is 1. The van der Waals surface area contributed by atoms with Crippen molar-refractivity contribution < 1.29 is 19.4 Å². The van der Waals surface area contributed by atoms with E-state index in [2.05, 4.69) is 0 Å². The van der Waals surface area contributed by atoms with Crippen LogP contribution in [0.15, 0.2) is 0 Å². The van der Waals surface area contributed by atoms with Gasteiger partial charge in [0.05, 0.1) is 12.5 Å². The van der Waals surface area contributed by atoms with Gasteiger partial charge in [0.25, 0.3) is 0 Å². The molecule has 19 heavy (non-hydrogen) atoms. The average molecular weight is 323 g/mol. The Morgan fingerprint density at radius 2 is 2.32 bits per heavy atom. The smallest absolute Gasteiger partial charge is 0.327 e. The molecule has 1 aliphatic heterocycles. The number of hydrogen-bond acceptors (Lipinski definition) is 6. The summed E-state index contributed by atoms with van der Waals surface area (Å²) in [7, 11) is 0. The summed E-state index contributed by atoms with van der Waals surface area (Å²) >= 11 is 7.75. The highest BCUT2D eigenvalue weighted by Crippen LogP contribution is 2.24. The molecule has 0 spiro atoms. The Bertz CT molecular complexity index is 364. The summed E-state index contributed by atoms with van der Waals surface area (Å²) in [5.41, 5.74) is 0. The number of amides is 1. The van der Waals surface area contributed by atoms with Gasteiger partial charge in [-0.3, -0.25) is 4.79 Å². The van der Waals surface area contributed by atoms with Gasteiger partial charge in [0.1, 0.15) is 6.04 Å². The predicted molar refractivity (Wildman–Crippen MR) is 81.4 cm³/mol. The van der Waals surface area contributed by atoms with Crippen LogP contribution in [-0.4, -0.2) is 56.3 Å². The van der Waals surface area contributed by atoms with Crippen LogP contribution in [0.5, 0.6) is 0 Å². The fraction of sp³-hybridized carbons (Fsp3) is 0.727. The molecule has 0 aromatic carbocycles. The van der Waals surface area contributed by atoms with Crippen molar-refractivity contribution in [3.05, 3.63) is 0 Å². The van der Waals surface area contributed by atoms with E-state index in [1.54, 1.807) is 6.92 Å². The van der Waals surface area contributed by atoms with Gasteiger partial charge in [0, 0.05) is 17.4 Å². The van der Waals surface area contributed by atoms with E-state index in [-0.39, 0.29) is 11.8 Å². The van der Waals surface area contributed by atoms with Gasteiger partial charge in [-0.25, -0.2) is 4.79 Å². The molecule has 0 aromatic rings. The van der Waals surface area contributed by atoms with Crippen molar-refractivity contribution in [1.82, 2.24) is 4.90 Å². The molecule has 1 amide bonds. The number of ether oxygens (including phenoxy) is 1. The quantitative estimate of drug-likeness (QED) is 0.772. The largest absolute Gasteiger partial charge is 0.480 e. The van der Waals surface area contributed by atoms with Crippen LogP contribution in [0.3, 0.4) is 0 Å². The molecule has 1 saturated heterocycles. The van der Waals surface area contributed by atoms with Crippen molar-refractivity contribution in [2.24, 2.45) is 5.92 Å². The van der Waals surface area contributed by atoms with Crippen molar-refractivity contribution in [3.8, 4) is 0 Å². The molecule has 8 heteroatoms. The van der Waals surface area contributed by atoms with E-state index in [9.17, 15) is 9.59 Å². The van der Waals surface area contributed by atoms with Gasteiger partial charge in [-0.05, 0) is 19.1 Å². The van der Waals surface area contributed by atoms with Crippen LogP contribution >= 0.6 is 35.7 Å². The lowest BCUT2D eigenvalue weighted by Crippen LogP contribution is -2.44. The van der Waals surface area contributed by atoms with E-state index in [0.29, 0.717) is 28.4 Å². The number of aliphatic carboxylic acids is 1. The van der Waals surface area contributed by atoms with E-state index < -0.39 is 12.0 Å². The number of rotatable bonds is 5. The highest BCUT2D eigenvalue weighted by atomic mass is 32.2. The summed E-state index contributed by atoms with van der Waals surface area (Å²) < 4.78 is 5.55. The number of thioether (sulfide) groups is 2. The third kappa shape index (κ3) is 4.85. The SMILES string of the molecule is CCOC(=S)SCC(C)C(=O)N1CSC[C@H]1C(=O)O. The number of carboxylic acids is 1. The van der Waals surface area contributed by atoms with Gasteiger partial charge < -0.3 is 14.7 Å². The van der Waals surface area contributed by atoms with Gasteiger partial charge in [-0.1, -0.05) is 18.7 Å². The van der Waals surface area contributed by atoms with Crippen molar-refractivity contribution in [3.63, 3.8) is 0 Å². The Labute approximate surface area is 126 Å². The molecule has 5 nitrogen and oxygen atoms in total. The zero-order valence-electron chi connectivity index (χ0n) is 10.8. The lowest BCUT2D eigenvalue weighted by Gasteiger charge is -2.23. The number of carboxylic acid groups (broad SMARTS) is 1. The second kappa shape index (κ2) is 7.96. The minimum Gasteiger partial charge on any atom is -0.480 e. The number of nitrogens with zero attached hydrogens (tertiary/aromatic N) is 1. The second-order valence-corrected chi connectivity index (χ2v) is 6.68. The number of hydrogen-bond donors (Lipinski definition) is 1. The van der Waals surface area contributed by atoms with Crippen LogP contribution in [-0.2, 0) is 14.3 Å². The van der Waals surface area contributed by atoms with Crippen molar-refractivity contribution in [2.45, 2.75) is 19.9 Å². The molecule has 108 valence electrons. The Hall–Kier alpha value is -0.470. The van der Waals surface area contributed by atoms with Crippen LogP contribution in [0.1, 0.15) is 13.8 Å². The lowest BCUT2D eigenvalue weighted by atomic mass is 10.1. The van der Waals surface area contributed by atoms with Gasteiger partial charge in [-0.2, -0.15) is 0 Å². The monoisotopic (exact) mass is 323 g/mol. The lowest BCUT2D eigenvalue weighted by molar-refractivity contribution is -0.148. The van der Waals surface area contributed by atoms with Crippen LogP contribution in [0.25, 0.3) is 0 Å². The Morgan fingerprint density at radius 3 is 2.89 bits per heavy atom. The first-order chi connectivity index (χ1) is 8.97. The Balaban J connectivity index is 2.47. The number of carbonyl (C=O) groups excluding carboxylic acids is 1. The van der Waals surface area contributed by atoms with Gasteiger partial charge in [-0.15, -0.1) is 11.8 Å². The van der Waals surface area contributed by atoms with E-state index in [4.69, 9.17) is 22.1 Å². The molecule has 0 aromatic heterocycles. The molecule has 2 atom stereocenters. The zero-order valence-corrected chi connectivity index (χ0v) is 13.3. The summed E-state index contributed by atoms with van der Waals surface area (Å²) in [6.07, 6.45) is 0. The van der Waals surface area contributed by atoms with Gasteiger partial charge in [0.15, 0.2) is 0 Å². The molecule has 1 aliphatic rings. The molecule has 0 bridgehead atoms. The molecule has 1 N–H and O–H groups in total. The Kier molecular flexibility index (Phi) is 6.95. The number of carbonyl (C=O) groups is 2. The highest BCUT2D eigenvalue weighted by molar-refractivity contribution is 8.22. The highest BCUT2D eigenvalue weighted by Gasteiger charge is 2.36. The molecule has 0 aliphatic carbocycles. The van der Waals surface area contributed by atoms with E-state index in [1.165, 1.54) is 28.4 Å². The zero-order chi connectivity index (χ0) is 14.4. The summed E-state index contributed by atoms with van der Waals surface area (Å²) in [6.45, 7) is 4.14. The maximum atomic E-state index is 12.2. The van der Waals surface area contributed by atoms with Gasteiger partial charge >= 0.3 is 5.97 Å². The first-order valence-corrected chi connectivity index (χ1v) is 8.42. The molecule has 1 fully saturated rings. The van der Waals surface area contributed by atoms with E-state index >= 15 is 0 Å². The minimum atomic E-state index is -0.942. The predicted octanol–water partition coefficient (Wildman–Crippen LogP) is 1.66. The van der Waals surface area contributed by atoms with Crippen molar-refractivity contribution in [2.75, 3.05) is 24.0 Å². The van der Waals surface area contributed by atoms with Crippen LogP contribution in [0.2, 0.25) is 0 Å². The fourth-order valence-electron chi connectivity index (χ4n) is 1.57. The summed E-state index contributed by atoms with van der Waals surface area (Å²) in [4.78, 5) is 24.7. The third-order valence-electron chi connectivity index (χ3n) is 2.59. The standard InChI is InChI=1S/C11H17NO4S3/c1-3-16-11(17)19-4-7(2)9(13)12-6-18-5-8(12)10(14)15/h7-8H,3-6H2,1-2H3,(H,14,15)/t7?,8-/m0/s1. The fourth-order valence-corrected chi connectivity index (χ4v) is 3.78. The molecule has 1 unspecified atom stereocenters. The summed E-state index contributed by atoms with van der Waals surface area (Å²) in [5.74, 6) is 0.0562. The average Bonchev–Trinajstić information content (AvgIpc) is 2.84. The van der Waals surface area contributed by atoms with Crippen LogP contribution in [0, 0.1) is 5.92 Å². The normalized spacial score (nSPS) is 20.1. The van der Waals surface area contributed by atoms with Gasteiger partial charge in [0.2, 0.25) is 10.3 Å². The second-order valence-electron chi connectivity index (χ2n) is 4.06. The van der Waals surface area contributed by atoms with Crippen molar-refractivity contribution in [1.29, 1.82) is 0 Å². The summed E-state index contributed by atoms with van der Waals surface area (Å²) in [6, 6.07) is -0.705. The van der Waals surface area contributed by atoms with Crippen LogP contribution < -0.4 is 0 Å². The van der Waals surface area contributed by atoms with E-state index in [0.717, 1.165) is 0 Å². The maximum absolute atomic E-state index is 12.2.